The second-order valence-corrected chi connectivity index (χ2v) is 11.5. The maximum Gasteiger partial charge on any atom is 0.338 e. The van der Waals surface area contributed by atoms with Crippen molar-refractivity contribution in [2.45, 2.75) is 68.8 Å². The number of esters is 2. The van der Waals surface area contributed by atoms with E-state index in [4.69, 9.17) is 52.1 Å². The molecule has 0 spiro atoms. The Kier molecular flexibility index (Phi) is 12.4. The molecule has 2 fully saturated rings. The molecule has 0 aromatic heterocycles. The first-order valence-electron chi connectivity index (χ1n) is 15.2. The molecule has 1 saturated carbocycles. The lowest BCUT2D eigenvalue weighted by Gasteiger charge is -2.56. The van der Waals surface area contributed by atoms with E-state index in [-0.39, 0.29) is 33.0 Å². The van der Waals surface area contributed by atoms with Crippen LogP contribution in [0.15, 0.2) is 48.5 Å². The Balaban J connectivity index is 1.55. The van der Waals surface area contributed by atoms with Crippen LogP contribution >= 0.6 is 0 Å². The van der Waals surface area contributed by atoms with Gasteiger partial charge in [-0.05, 0) is 55.3 Å². The van der Waals surface area contributed by atoms with Crippen molar-refractivity contribution in [3.05, 3.63) is 59.7 Å². The number of carbonyl (C=O) groups excluding carboxylic acids is 2. The molecular formula is C34H44O14. The molecule has 6 atom stereocenters. The van der Waals surface area contributed by atoms with Gasteiger partial charge in [0.25, 0.3) is 0 Å². The number of carbonyl (C=O) groups is 2. The number of hydrogen-bond acceptors (Lipinski definition) is 14. The highest BCUT2D eigenvalue weighted by Gasteiger charge is 2.63. The van der Waals surface area contributed by atoms with Crippen LogP contribution in [0, 0.1) is 0 Å². The topological polar surface area (TPSA) is 156 Å². The van der Waals surface area contributed by atoms with Crippen LogP contribution in [-0.2, 0) is 54.1 Å². The molecule has 264 valence electrons. The Morgan fingerprint density at radius 2 is 1.52 bits per heavy atom. The minimum absolute atomic E-state index is 0.00715. The van der Waals surface area contributed by atoms with Crippen molar-refractivity contribution in [2.24, 2.45) is 0 Å². The number of methoxy groups -OCH3 is 5. The molecule has 0 bridgehead atoms. The predicted octanol–water partition coefficient (Wildman–Crippen LogP) is 3.36. The van der Waals surface area contributed by atoms with Gasteiger partial charge in [0, 0.05) is 47.4 Å². The number of rotatable bonds is 15. The van der Waals surface area contributed by atoms with Gasteiger partial charge in [0.05, 0.1) is 13.2 Å². The summed E-state index contributed by atoms with van der Waals surface area (Å²) in [7, 11) is 7.38. The van der Waals surface area contributed by atoms with E-state index in [0.717, 1.165) is 0 Å². The number of benzene rings is 2. The molecule has 14 nitrogen and oxygen atoms in total. The first-order valence-corrected chi connectivity index (χ1v) is 15.2. The highest BCUT2D eigenvalue weighted by Crippen LogP contribution is 2.46. The monoisotopic (exact) mass is 676 g/mol. The summed E-state index contributed by atoms with van der Waals surface area (Å²) < 4.78 is 61.5. The number of ether oxygens (including phenoxy) is 11. The molecule has 2 aromatic rings. The first-order chi connectivity index (χ1) is 22.9. The van der Waals surface area contributed by atoms with Gasteiger partial charge in [-0.1, -0.05) is 18.2 Å². The second-order valence-electron chi connectivity index (χ2n) is 11.5. The van der Waals surface area contributed by atoms with Crippen molar-refractivity contribution < 1.29 is 66.8 Å². The molecule has 14 heteroatoms. The van der Waals surface area contributed by atoms with Gasteiger partial charge < -0.3 is 57.2 Å². The van der Waals surface area contributed by atoms with Gasteiger partial charge >= 0.3 is 11.9 Å². The molecule has 1 aliphatic heterocycles. The molecule has 0 radical (unpaired) electrons. The lowest BCUT2D eigenvalue weighted by atomic mass is 9.78. The van der Waals surface area contributed by atoms with Crippen LogP contribution in [0.4, 0.5) is 0 Å². The van der Waals surface area contributed by atoms with Crippen LogP contribution in [0.1, 0.15) is 37.8 Å². The van der Waals surface area contributed by atoms with Crippen molar-refractivity contribution >= 4 is 18.0 Å². The maximum absolute atomic E-state index is 13.4. The Morgan fingerprint density at radius 3 is 2.15 bits per heavy atom. The summed E-state index contributed by atoms with van der Waals surface area (Å²) in [4.78, 5) is 26.6. The number of hydrogen-bond donors (Lipinski definition) is 1. The number of fused-ring (bicyclic) bond motifs is 1. The van der Waals surface area contributed by atoms with E-state index in [1.54, 1.807) is 63.4 Å². The summed E-state index contributed by atoms with van der Waals surface area (Å²) in [5, 5.41) is 11.7. The van der Waals surface area contributed by atoms with E-state index in [0.29, 0.717) is 28.4 Å². The first kappa shape index (κ1) is 37.1. The third-order valence-corrected chi connectivity index (χ3v) is 8.37. The summed E-state index contributed by atoms with van der Waals surface area (Å²) in [6, 6.07) is 12.0. The van der Waals surface area contributed by atoms with Crippen LogP contribution in [0.2, 0.25) is 0 Å². The van der Waals surface area contributed by atoms with Gasteiger partial charge in [-0.2, -0.15) is 0 Å². The van der Waals surface area contributed by atoms with E-state index in [1.807, 2.05) is 0 Å². The van der Waals surface area contributed by atoms with Gasteiger partial charge in [-0.3, -0.25) is 0 Å². The average Bonchev–Trinajstić information content (AvgIpc) is 3.09. The molecule has 1 heterocycles. The minimum atomic E-state index is -2.09. The molecule has 1 N–H and O–H groups in total. The van der Waals surface area contributed by atoms with E-state index in [2.05, 4.69) is 0 Å². The molecule has 1 saturated heterocycles. The molecule has 48 heavy (non-hydrogen) atoms. The fraction of sp³-hybridized carbons (Fsp3) is 0.529. The highest BCUT2D eigenvalue weighted by molar-refractivity contribution is 5.87. The van der Waals surface area contributed by atoms with Crippen LogP contribution in [0.3, 0.4) is 0 Å². The lowest BCUT2D eigenvalue weighted by Crippen LogP contribution is -2.71. The summed E-state index contributed by atoms with van der Waals surface area (Å²) in [6.07, 6.45) is -0.873. The minimum Gasteiger partial charge on any atom is -0.497 e. The SMILES string of the molecule is COCOc1ccc(/C=C/C(=O)O[C@@H]2C[C@@](O)(C(=O)OCc3ccc(OC)cc3)CC3O[C@](C)(OC)[C@@](C)(OC)OC32)cc1OCOC. The van der Waals surface area contributed by atoms with Gasteiger partial charge in [0.1, 0.15) is 24.6 Å². The van der Waals surface area contributed by atoms with E-state index in [9.17, 15) is 14.7 Å². The van der Waals surface area contributed by atoms with Crippen LogP contribution in [0.25, 0.3) is 6.08 Å². The zero-order valence-corrected chi connectivity index (χ0v) is 28.2. The zero-order chi connectivity index (χ0) is 35.0. The van der Waals surface area contributed by atoms with E-state index >= 15 is 0 Å². The molecule has 2 unspecified atom stereocenters. The largest absolute Gasteiger partial charge is 0.497 e. The quantitative estimate of drug-likeness (QED) is 0.166. The van der Waals surface area contributed by atoms with Crippen LogP contribution in [0.5, 0.6) is 17.2 Å². The van der Waals surface area contributed by atoms with Crippen LogP contribution < -0.4 is 14.2 Å². The van der Waals surface area contributed by atoms with Crippen molar-refractivity contribution in [2.75, 3.05) is 49.1 Å². The van der Waals surface area contributed by atoms with Gasteiger partial charge in [-0.25, -0.2) is 9.59 Å². The Labute approximate surface area is 279 Å². The van der Waals surface area contributed by atoms with Crippen molar-refractivity contribution in [1.82, 2.24) is 0 Å². The van der Waals surface area contributed by atoms with Gasteiger partial charge in [-0.15, -0.1) is 0 Å². The Bertz CT molecular complexity index is 1410. The standard InChI is InChI=1S/C34H44O14/c1-32(41-6)33(2,42-7)48-30-27(46-29(35)15-11-22-10-14-25(44-20-38-3)26(16-22)45-21-39-4)17-34(37,18-28(30)47-32)31(36)43-19-23-8-12-24(40-5)13-9-23/h8-16,27-28,30,37H,17-21H2,1-7H3/b15-11+/t27-,28?,30?,32+,33+,34+/m1/s1. The van der Waals surface area contributed by atoms with Crippen molar-refractivity contribution in [1.29, 1.82) is 0 Å². The maximum atomic E-state index is 13.4. The van der Waals surface area contributed by atoms with Gasteiger partial charge in [0.15, 0.2) is 30.7 Å². The molecule has 1 aliphatic carbocycles. The third-order valence-electron chi connectivity index (χ3n) is 8.37. The summed E-state index contributed by atoms with van der Waals surface area (Å²) in [5.74, 6) is -3.12. The Hall–Kier alpha value is -3.76. The molecule has 2 aromatic carbocycles. The fourth-order valence-electron chi connectivity index (χ4n) is 5.45. The molecular weight excluding hydrogens is 632 g/mol. The molecule has 4 rings (SSSR count). The third kappa shape index (κ3) is 8.44. The highest BCUT2D eigenvalue weighted by atomic mass is 16.8. The lowest BCUT2D eigenvalue weighted by molar-refractivity contribution is -0.460. The van der Waals surface area contributed by atoms with Crippen molar-refractivity contribution in [3.63, 3.8) is 0 Å². The van der Waals surface area contributed by atoms with E-state index < -0.39 is 47.4 Å². The van der Waals surface area contributed by atoms with E-state index in [1.165, 1.54) is 40.6 Å². The normalized spacial score (nSPS) is 28.4. The fourth-order valence-corrected chi connectivity index (χ4v) is 5.45. The smallest absolute Gasteiger partial charge is 0.338 e. The van der Waals surface area contributed by atoms with Crippen LogP contribution in [-0.4, -0.2) is 102 Å². The second kappa shape index (κ2) is 16.1. The molecule has 0 amide bonds. The summed E-state index contributed by atoms with van der Waals surface area (Å²) >= 11 is 0. The average molecular weight is 677 g/mol. The molecule has 2 aliphatic rings. The van der Waals surface area contributed by atoms with Crippen molar-refractivity contribution in [3.8, 4) is 17.2 Å². The summed E-state index contributed by atoms with van der Waals surface area (Å²) in [5.41, 5.74) is -0.820. The number of aliphatic hydroxyl groups is 1. The summed E-state index contributed by atoms with van der Waals surface area (Å²) in [6.45, 7) is 3.11. The Morgan fingerprint density at radius 1 is 0.875 bits per heavy atom. The van der Waals surface area contributed by atoms with Gasteiger partial charge in [0.2, 0.25) is 11.6 Å². The zero-order valence-electron chi connectivity index (χ0n) is 28.2. The predicted molar refractivity (Wildman–Crippen MR) is 168 cm³/mol.